The van der Waals surface area contributed by atoms with E-state index in [-0.39, 0.29) is 24.0 Å². The van der Waals surface area contributed by atoms with Crippen molar-refractivity contribution in [3.63, 3.8) is 0 Å². The topological polar surface area (TPSA) is 94.3 Å². The maximum atomic E-state index is 13.1. The molecule has 1 atom stereocenters. The lowest BCUT2D eigenvalue weighted by atomic mass is 9.97. The number of piperidine rings is 1. The first-order valence-electron chi connectivity index (χ1n) is 11.3. The van der Waals surface area contributed by atoms with E-state index in [0.717, 1.165) is 24.1 Å². The van der Waals surface area contributed by atoms with Gasteiger partial charge in [-0.15, -0.1) is 0 Å². The highest BCUT2D eigenvalue weighted by Crippen LogP contribution is 2.32. The third-order valence-corrected chi connectivity index (χ3v) is 6.17. The molecule has 10 heteroatoms. The number of hydrogen-bond acceptors (Lipinski definition) is 5. The van der Waals surface area contributed by atoms with Gasteiger partial charge in [-0.2, -0.15) is 0 Å². The van der Waals surface area contributed by atoms with Gasteiger partial charge < -0.3 is 15.1 Å². The summed E-state index contributed by atoms with van der Waals surface area (Å²) >= 11 is 0. The van der Waals surface area contributed by atoms with E-state index >= 15 is 0 Å². The molecule has 0 radical (unpaired) electrons. The van der Waals surface area contributed by atoms with Crippen molar-refractivity contribution >= 4 is 23.4 Å². The Morgan fingerprint density at radius 1 is 1.27 bits per heavy atom. The minimum Gasteiger partial charge on any atom is -0.338 e. The van der Waals surface area contributed by atoms with Crippen LogP contribution < -0.4 is 15.7 Å². The van der Waals surface area contributed by atoms with Gasteiger partial charge in [0.15, 0.2) is 0 Å². The lowest BCUT2D eigenvalue weighted by Gasteiger charge is -2.33. The molecule has 0 aromatic carbocycles. The number of anilines is 2. The summed E-state index contributed by atoms with van der Waals surface area (Å²) in [5.41, 5.74) is 2.11. The van der Waals surface area contributed by atoms with Gasteiger partial charge in [-0.3, -0.25) is 14.8 Å². The van der Waals surface area contributed by atoms with Gasteiger partial charge in [0.2, 0.25) is 6.43 Å². The third kappa shape index (κ3) is 4.74. The predicted molar refractivity (Wildman–Crippen MR) is 119 cm³/mol. The molecular weight excluding hydrogens is 430 g/mol. The summed E-state index contributed by atoms with van der Waals surface area (Å²) < 4.78 is 27.5. The number of aryl methyl sites for hydroxylation is 1. The molecule has 4 heterocycles. The summed E-state index contributed by atoms with van der Waals surface area (Å²) in [6.45, 7) is 3.53. The van der Waals surface area contributed by atoms with Crippen LogP contribution in [0.2, 0.25) is 0 Å². The highest BCUT2D eigenvalue weighted by Gasteiger charge is 2.31. The Morgan fingerprint density at radius 3 is 2.82 bits per heavy atom. The van der Waals surface area contributed by atoms with E-state index in [1.54, 1.807) is 18.3 Å². The van der Waals surface area contributed by atoms with Crippen LogP contribution in [0.1, 0.15) is 42.1 Å². The van der Waals surface area contributed by atoms with Gasteiger partial charge >= 0.3 is 6.03 Å². The summed E-state index contributed by atoms with van der Waals surface area (Å²) in [5.74, 6) is -0.330. The fourth-order valence-corrected chi connectivity index (χ4v) is 4.49. The second-order valence-electron chi connectivity index (χ2n) is 8.43. The van der Waals surface area contributed by atoms with Crippen molar-refractivity contribution in [3.05, 3.63) is 47.2 Å². The SMILES string of the molecule is CCNC(=O)n1ccc(N2CCCc3cc(C(=O)N4CCC[C@@H](C(F)F)C4)cnc32)cc1=N. The summed E-state index contributed by atoms with van der Waals surface area (Å²) in [5, 5.41) is 10.9. The smallest absolute Gasteiger partial charge is 0.327 e. The van der Waals surface area contributed by atoms with Crippen LogP contribution in [0.4, 0.5) is 25.1 Å². The minimum atomic E-state index is -2.42. The molecular formula is C23H28F2N6O2. The molecule has 0 unspecified atom stereocenters. The molecule has 1 fully saturated rings. The monoisotopic (exact) mass is 458 g/mol. The molecule has 2 aliphatic heterocycles. The molecule has 2 aliphatic rings. The summed E-state index contributed by atoms with van der Waals surface area (Å²) in [4.78, 5) is 33.1. The van der Waals surface area contributed by atoms with Crippen molar-refractivity contribution in [1.29, 1.82) is 5.41 Å². The van der Waals surface area contributed by atoms with Crippen molar-refractivity contribution in [1.82, 2.24) is 19.8 Å². The number of halogens is 2. The number of carbonyl (C=O) groups excluding carboxylic acids is 2. The maximum Gasteiger partial charge on any atom is 0.327 e. The lowest BCUT2D eigenvalue weighted by Crippen LogP contribution is -2.42. The van der Waals surface area contributed by atoms with E-state index in [2.05, 4.69) is 10.3 Å². The highest BCUT2D eigenvalue weighted by atomic mass is 19.3. The lowest BCUT2D eigenvalue weighted by molar-refractivity contribution is 0.0253. The molecule has 0 bridgehead atoms. The van der Waals surface area contributed by atoms with Gasteiger partial charge in [0.1, 0.15) is 11.3 Å². The Balaban J connectivity index is 1.56. The number of likely N-dealkylation sites (tertiary alicyclic amines) is 1. The Bertz CT molecular complexity index is 1100. The van der Waals surface area contributed by atoms with Crippen LogP contribution in [-0.4, -0.2) is 59.0 Å². The van der Waals surface area contributed by atoms with Crippen LogP contribution in [0.25, 0.3) is 0 Å². The summed E-state index contributed by atoms with van der Waals surface area (Å²) in [7, 11) is 0. The van der Waals surface area contributed by atoms with Crippen LogP contribution in [-0.2, 0) is 6.42 Å². The van der Waals surface area contributed by atoms with Crippen LogP contribution in [0.5, 0.6) is 0 Å². The van der Waals surface area contributed by atoms with E-state index in [1.165, 1.54) is 15.7 Å². The van der Waals surface area contributed by atoms with Gasteiger partial charge in [-0.25, -0.2) is 18.6 Å². The number of nitrogens with one attached hydrogen (secondary N) is 2. The van der Waals surface area contributed by atoms with E-state index in [9.17, 15) is 18.4 Å². The van der Waals surface area contributed by atoms with Crippen molar-refractivity contribution in [2.45, 2.75) is 39.0 Å². The number of hydrogen-bond donors (Lipinski definition) is 2. The average Bonchev–Trinajstić information content (AvgIpc) is 2.83. The molecule has 4 rings (SSSR count). The highest BCUT2D eigenvalue weighted by molar-refractivity contribution is 5.94. The van der Waals surface area contributed by atoms with Gasteiger partial charge in [-0.05, 0) is 50.3 Å². The summed E-state index contributed by atoms with van der Waals surface area (Å²) in [6.07, 6.45) is 3.24. The number of rotatable bonds is 4. The molecule has 1 saturated heterocycles. The normalized spacial score (nSPS) is 18.2. The maximum absolute atomic E-state index is 13.1. The second-order valence-corrected chi connectivity index (χ2v) is 8.43. The van der Waals surface area contributed by atoms with Crippen LogP contribution >= 0.6 is 0 Å². The quantitative estimate of drug-likeness (QED) is 0.736. The molecule has 0 spiro atoms. The number of aromatic nitrogens is 2. The molecule has 33 heavy (non-hydrogen) atoms. The van der Waals surface area contributed by atoms with E-state index < -0.39 is 12.3 Å². The zero-order valence-electron chi connectivity index (χ0n) is 18.6. The molecule has 176 valence electrons. The summed E-state index contributed by atoms with van der Waals surface area (Å²) in [6, 6.07) is 4.83. The molecule has 0 saturated carbocycles. The van der Waals surface area contributed by atoms with Crippen molar-refractivity contribution in [3.8, 4) is 0 Å². The van der Waals surface area contributed by atoms with E-state index in [1.807, 2.05) is 17.9 Å². The number of pyridine rings is 2. The fraction of sp³-hybridized carbons (Fsp3) is 0.478. The van der Waals surface area contributed by atoms with Crippen molar-refractivity contribution in [2.75, 3.05) is 31.1 Å². The first kappa shape index (κ1) is 22.9. The number of amides is 2. The van der Waals surface area contributed by atoms with Gasteiger partial charge in [-0.1, -0.05) is 0 Å². The minimum absolute atomic E-state index is 0.0519. The largest absolute Gasteiger partial charge is 0.338 e. The van der Waals surface area contributed by atoms with Gasteiger partial charge in [0, 0.05) is 56.2 Å². The molecule has 8 nitrogen and oxygen atoms in total. The first-order valence-corrected chi connectivity index (χ1v) is 11.3. The Labute approximate surface area is 190 Å². The van der Waals surface area contributed by atoms with Gasteiger partial charge in [0.05, 0.1) is 5.56 Å². The first-order chi connectivity index (χ1) is 15.9. The van der Waals surface area contributed by atoms with E-state index in [0.29, 0.717) is 43.9 Å². The Hall–Kier alpha value is -3.30. The molecule has 2 amide bonds. The molecule has 2 N–H and O–H groups in total. The number of fused-ring (bicyclic) bond motifs is 1. The van der Waals surface area contributed by atoms with Crippen LogP contribution in [0, 0.1) is 11.3 Å². The zero-order chi connectivity index (χ0) is 23.5. The third-order valence-electron chi connectivity index (χ3n) is 6.17. The Morgan fingerprint density at radius 2 is 2.09 bits per heavy atom. The standard InChI is InChI=1S/C23H28F2N6O2/c1-2-27-23(33)31-10-7-18(12-19(31)26)30-9-4-5-15-11-17(13-28-21(15)30)22(32)29-8-3-6-16(14-29)20(24)25/h7,10-13,16,20,26H,2-6,8-9,14H2,1H3,(H,27,33)/t16-/m1/s1. The molecule has 0 aliphatic carbocycles. The van der Waals surface area contributed by atoms with Crippen LogP contribution in [0.15, 0.2) is 30.6 Å². The Kier molecular flexibility index (Phi) is 6.71. The molecule has 2 aromatic heterocycles. The predicted octanol–water partition coefficient (Wildman–Crippen LogP) is 3.14. The molecule has 2 aromatic rings. The zero-order valence-corrected chi connectivity index (χ0v) is 18.6. The van der Waals surface area contributed by atoms with Crippen molar-refractivity contribution in [2.24, 2.45) is 5.92 Å². The fourth-order valence-electron chi connectivity index (χ4n) is 4.49. The number of carbonyl (C=O) groups is 2. The van der Waals surface area contributed by atoms with Crippen molar-refractivity contribution < 1.29 is 18.4 Å². The number of alkyl halides is 2. The second kappa shape index (κ2) is 9.68. The number of nitrogens with zero attached hydrogens (tertiary/aromatic N) is 4. The van der Waals surface area contributed by atoms with E-state index in [4.69, 9.17) is 5.41 Å². The average molecular weight is 459 g/mol. The van der Waals surface area contributed by atoms with Crippen LogP contribution in [0.3, 0.4) is 0 Å². The van der Waals surface area contributed by atoms with Gasteiger partial charge in [0.25, 0.3) is 5.91 Å².